The molecule has 6 heteroatoms. The van der Waals surface area contributed by atoms with Crippen molar-refractivity contribution in [2.45, 2.75) is 50.2 Å². The summed E-state index contributed by atoms with van der Waals surface area (Å²) in [7, 11) is 0. The molecule has 0 spiro atoms. The van der Waals surface area contributed by atoms with Gasteiger partial charge in [-0.15, -0.1) is 0 Å². The zero-order valence-corrected chi connectivity index (χ0v) is 14.0. The van der Waals surface area contributed by atoms with Gasteiger partial charge in [-0.1, -0.05) is 18.7 Å². The molecule has 0 bridgehead atoms. The minimum absolute atomic E-state index is 0.148. The summed E-state index contributed by atoms with van der Waals surface area (Å²) < 4.78 is 0. The summed E-state index contributed by atoms with van der Waals surface area (Å²) in [5.74, 6) is 2.38. The molecule has 1 saturated carbocycles. The molecular formula is C15H26N4OS. The lowest BCUT2D eigenvalue weighted by Crippen LogP contribution is -2.45. The maximum atomic E-state index is 9.86. The van der Waals surface area contributed by atoms with Crippen molar-refractivity contribution in [1.82, 2.24) is 9.97 Å². The number of hydrogen-bond donors (Lipinski definition) is 3. The molecule has 1 fully saturated rings. The van der Waals surface area contributed by atoms with Crippen LogP contribution in [0.3, 0.4) is 0 Å². The van der Waals surface area contributed by atoms with E-state index in [4.69, 9.17) is 0 Å². The van der Waals surface area contributed by atoms with Gasteiger partial charge in [-0.05, 0) is 44.8 Å². The molecule has 0 aliphatic heterocycles. The second-order valence-corrected chi connectivity index (χ2v) is 6.67. The van der Waals surface area contributed by atoms with E-state index in [1.807, 2.05) is 19.2 Å². The van der Waals surface area contributed by atoms with Gasteiger partial charge in [-0.2, -0.15) is 0 Å². The molecule has 5 nitrogen and oxygen atoms in total. The average molecular weight is 310 g/mol. The van der Waals surface area contributed by atoms with E-state index in [1.165, 1.54) is 11.8 Å². The summed E-state index contributed by atoms with van der Waals surface area (Å²) in [6.45, 7) is 5.30. The maximum absolute atomic E-state index is 9.86. The Balaban J connectivity index is 2.18. The number of rotatable bonds is 6. The Hall–Kier alpha value is -1.01. The van der Waals surface area contributed by atoms with E-state index < -0.39 is 0 Å². The standard InChI is InChI=1S/C15H26N4OS/c1-4-16-12-9-13(18-14(17-12)21-3)19-15(10-20)7-5-11(2)6-8-15/h9,11,20H,4-8,10H2,1-3H3,(H2,16,17,18,19). The molecule has 1 aromatic heterocycles. The monoisotopic (exact) mass is 310 g/mol. The number of aromatic nitrogens is 2. The SMILES string of the molecule is CCNc1cc(NC2(CO)CCC(C)CC2)nc(SC)n1. The molecule has 0 aromatic carbocycles. The third kappa shape index (κ3) is 4.23. The van der Waals surface area contributed by atoms with Crippen LogP contribution in [-0.2, 0) is 0 Å². The first kappa shape index (κ1) is 16.4. The second-order valence-electron chi connectivity index (χ2n) is 5.90. The fourth-order valence-electron chi connectivity index (χ4n) is 2.76. The first-order valence-corrected chi connectivity index (χ1v) is 8.89. The van der Waals surface area contributed by atoms with Crippen LogP contribution in [0.2, 0.25) is 0 Å². The number of hydrogen-bond acceptors (Lipinski definition) is 6. The lowest BCUT2D eigenvalue weighted by molar-refractivity contribution is 0.155. The number of anilines is 2. The molecule has 0 radical (unpaired) electrons. The van der Waals surface area contributed by atoms with Gasteiger partial charge in [0.2, 0.25) is 0 Å². The van der Waals surface area contributed by atoms with E-state index in [9.17, 15) is 5.11 Å². The summed E-state index contributed by atoms with van der Waals surface area (Å²) in [5, 5.41) is 17.3. The summed E-state index contributed by atoms with van der Waals surface area (Å²) in [5.41, 5.74) is -0.236. The summed E-state index contributed by atoms with van der Waals surface area (Å²) in [6, 6.07) is 1.93. The molecule has 1 heterocycles. The zero-order chi connectivity index (χ0) is 15.3. The predicted molar refractivity (Wildman–Crippen MR) is 89.0 cm³/mol. The number of nitrogens with zero attached hydrogens (tertiary/aromatic N) is 2. The van der Waals surface area contributed by atoms with E-state index in [0.717, 1.165) is 54.9 Å². The fourth-order valence-corrected chi connectivity index (χ4v) is 3.14. The van der Waals surface area contributed by atoms with Crippen molar-refractivity contribution in [3.63, 3.8) is 0 Å². The van der Waals surface area contributed by atoms with E-state index in [0.29, 0.717) is 0 Å². The molecule has 0 amide bonds. The smallest absolute Gasteiger partial charge is 0.191 e. The van der Waals surface area contributed by atoms with E-state index in [-0.39, 0.29) is 12.1 Å². The highest BCUT2D eigenvalue weighted by molar-refractivity contribution is 7.98. The number of nitrogens with one attached hydrogen (secondary N) is 2. The first-order chi connectivity index (χ1) is 10.1. The Labute approximate surface area is 131 Å². The quantitative estimate of drug-likeness (QED) is 0.554. The highest BCUT2D eigenvalue weighted by atomic mass is 32.2. The Morgan fingerprint density at radius 1 is 1.33 bits per heavy atom. The van der Waals surface area contributed by atoms with Crippen molar-refractivity contribution in [1.29, 1.82) is 0 Å². The van der Waals surface area contributed by atoms with Crippen LogP contribution in [0.25, 0.3) is 0 Å². The van der Waals surface area contributed by atoms with Gasteiger partial charge in [0.25, 0.3) is 0 Å². The van der Waals surface area contributed by atoms with Gasteiger partial charge in [0.05, 0.1) is 12.1 Å². The van der Waals surface area contributed by atoms with Crippen molar-refractivity contribution in [2.24, 2.45) is 5.92 Å². The van der Waals surface area contributed by atoms with Crippen molar-refractivity contribution in [3.05, 3.63) is 6.07 Å². The molecule has 2 rings (SSSR count). The summed E-state index contributed by atoms with van der Waals surface area (Å²) >= 11 is 1.53. The van der Waals surface area contributed by atoms with Gasteiger partial charge in [-0.3, -0.25) is 0 Å². The molecule has 0 saturated heterocycles. The number of aliphatic hydroxyl groups is 1. The largest absolute Gasteiger partial charge is 0.394 e. The fraction of sp³-hybridized carbons (Fsp3) is 0.733. The van der Waals surface area contributed by atoms with E-state index in [1.54, 1.807) is 0 Å². The molecule has 21 heavy (non-hydrogen) atoms. The van der Waals surface area contributed by atoms with Crippen LogP contribution in [0.15, 0.2) is 11.2 Å². The van der Waals surface area contributed by atoms with Crippen molar-refractivity contribution in [2.75, 3.05) is 30.0 Å². The molecule has 3 N–H and O–H groups in total. The average Bonchev–Trinajstić information content (AvgIpc) is 2.50. The van der Waals surface area contributed by atoms with Crippen molar-refractivity contribution >= 4 is 23.4 Å². The van der Waals surface area contributed by atoms with Gasteiger partial charge in [0, 0.05) is 12.6 Å². The molecule has 1 aliphatic carbocycles. The van der Waals surface area contributed by atoms with Gasteiger partial charge >= 0.3 is 0 Å². The summed E-state index contributed by atoms with van der Waals surface area (Å²) in [4.78, 5) is 8.96. The molecule has 118 valence electrons. The third-order valence-electron chi connectivity index (χ3n) is 4.17. The lowest BCUT2D eigenvalue weighted by Gasteiger charge is -2.39. The van der Waals surface area contributed by atoms with Crippen molar-refractivity contribution in [3.8, 4) is 0 Å². The topological polar surface area (TPSA) is 70.1 Å². The predicted octanol–water partition coefficient (Wildman–Crippen LogP) is 2.98. The Morgan fingerprint density at radius 3 is 2.57 bits per heavy atom. The number of thioether (sulfide) groups is 1. The van der Waals surface area contributed by atoms with Crippen LogP contribution in [0.4, 0.5) is 11.6 Å². The van der Waals surface area contributed by atoms with Gasteiger partial charge in [0.1, 0.15) is 11.6 Å². The molecule has 1 aliphatic rings. The third-order valence-corrected chi connectivity index (χ3v) is 4.72. The number of aliphatic hydroxyl groups excluding tert-OH is 1. The second kappa shape index (κ2) is 7.31. The Morgan fingerprint density at radius 2 is 2.00 bits per heavy atom. The first-order valence-electron chi connectivity index (χ1n) is 7.67. The van der Waals surface area contributed by atoms with Gasteiger partial charge < -0.3 is 15.7 Å². The molecule has 0 atom stereocenters. The van der Waals surface area contributed by atoms with Crippen LogP contribution < -0.4 is 10.6 Å². The van der Waals surface area contributed by atoms with Crippen LogP contribution >= 0.6 is 11.8 Å². The van der Waals surface area contributed by atoms with Crippen LogP contribution in [-0.4, -0.2) is 40.0 Å². The Bertz CT molecular complexity index is 461. The zero-order valence-electron chi connectivity index (χ0n) is 13.1. The molecule has 1 aromatic rings. The highest BCUT2D eigenvalue weighted by Crippen LogP contribution is 2.34. The van der Waals surface area contributed by atoms with E-state index >= 15 is 0 Å². The molecular weight excluding hydrogens is 284 g/mol. The normalized spacial score (nSPS) is 25.6. The van der Waals surface area contributed by atoms with Crippen LogP contribution in [0, 0.1) is 5.92 Å². The minimum Gasteiger partial charge on any atom is -0.394 e. The minimum atomic E-state index is -0.236. The van der Waals surface area contributed by atoms with E-state index in [2.05, 4.69) is 27.5 Å². The van der Waals surface area contributed by atoms with Crippen LogP contribution in [0.5, 0.6) is 0 Å². The highest BCUT2D eigenvalue weighted by Gasteiger charge is 2.34. The summed E-state index contributed by atoms with van der Waals surface area (Å²) in [6.07, 6.45) is 6.24. The Kier molecular flexibility index (Phi) is 5.70. The maximum Gasteiger partial charge on any atom is 0.191 e. The lowest BCUT2D eigenvalue weighted by atomic mass is 9.77. The van der Waals surface area contributed by atoms with Crippen LogP contribution in [0.1, 0.15) is 39.5 Å². The van der Waals surface area contributed by atoms with Gasteiger partial charge in [0.15, 0.2) is 5.16 Å². The molecule has 0 unspecified atom stereocenters. The van der Waals surface area contributed by atoms with Crippen molar-refractivity contribution < 1.29 is 5.11 Å². The van der Waals surface area contributed by atoms with Gasteiger partial charge in [-0.25, -0.2) is 9.97 Å².